The number of benzene rings is 2. The second-order valence-electron chi connectivity index (χ2n) is 6.86. The molecule has 146 valence electrons. The van der Waals surface area contributed by atoms with Gasteiger partial charge in [-0.15, -0.1) is 0 Å². The van der Waals surface area contributed by atoms with E-state index in [1.807, 2.05) is 24.3 Å². The van der Waals surface area contributed by atoms with Crippen molar-refractivity contribution in [3.05, 3.63) is 54.1 Å². The average Bonchev–Trinajstić information content (AvgIpc) is 2.60. The van der Waals surface area contributed by atoms with Gasteiger partial charge in [-0.25, -0.2) is 13.1 Å². The summed E-state index contributed by atoms with van der Waals surface area (Å²) in [5.74, 6) is 0.565. The number of nitrogens with one attached hydrogen (secondary N) is 2. The van der Waals surface area contributed by atoms with Gasteiger partial charge in [-0.2, -0.15) is 0 Å². The second-order valence-corrected chi connectivity index (χ2v) is 8.57. The summed E-state index contributed by atoms with van der Waals surface area (Å²) < 4.78 is 32.1. The van der Waals surface area contributed by atoms with E-state index in [0.29, 0.717) is 17.4 Å². The van der Waals surface area contributed by atoms with E-state index in [1.165, 1.54) is 29.8 Å². The average molecular weight is 391 g/mol. The molecule has 0 radical (unpaired) electrons. The molecule has 0 atom stereocenters. The number of hydrogen-bond acceptors (Lipinski definition) is 4. The maximum absolute atomic E-state index is 12.1. The molecule has 0 bridgehead atoms. The summed E-state index contributed by atoms with van der Waals surface area (Å²) in [4.78, 5) is 12.2. The highest BCUT2D eigenvalue weighted by atomic mass is 32.2. The lowest BCUT2D eigenvalue weighted by molar-refractivity contribution is -0.118. The van der Waals surface area contributed by atoms with Crippen molar-refractivity contribution >= 4 is 21.6 Å². The minimum Gasteiger partial charge on any atom is -0.484 e. The summed E-state index contributed by atoms with van der Waals surface area (Å²) in [7, 11) is -3.54. The zero-order valence-electron chi connectivity index (χ0n) is 16.0. The Morgan fingerprint density at radius 1 is 0.963 bits per heavy atom. The van der Waals surface area contributed by atoms with E-state index < -0.39 is 10.0 Å². The zero-order valence-corrected chi connectivity index (χ0v) is 16.8. The minimum atomic E-state index is -3.54. The maximum atomic E-state index is 12.1. The molecule has 0 aliphatic heterocycles. The summed E-state index contributed by atoms with van der Waals surface area (Å²) in [6.07, 6.45) is 0. The fourth-order valence-electron chi connectivity index (χ4n) is 2.39. The molecule has 0 spiro atoms. The Labute approximate surface area is 161 Å². The predicted molar refractivity (Wildman–Crippen MR) is 107 cm³/mol. The van der Waals surface area contributed by atoms with Crippen molar-refractivity contribution in [2.75, 3.05) is 11.9 Å². The SMILES string of the molecule is CC(C)NS(=O)(=O)c1ccc(OCC(=O)Nc2ccc(C(C)C)cc2)cc1. The van der Waals surface area contributed by atoms with Crippen LogP contribution in [0.2, 0.25) is 0 Å². The first-order valence-corrected chi connectivity index (χ1v) is 10.3. The van der Waals surface area contributed by atoms with Gasteiger partial charge in [0.1, 0.15) is 5.75 Å². The first-order chi connectivity index (χ1) is 12.7. The Balaban J connectivity index is 1.89. The van der Waals surface area contributed by atoms with Gasteiger partial charge in [0, 0.05) is 11.7 Å². The molecule has 0 heterocycles. The molecule has 6 nitrogen and oxygen atoms in total. The number of sulfonamides is 1. The minimum absolute atomic E-state index is 0.151. The van der Waals surface area contributed by atoms with E-state index in [-0.39, 0.29) is 23.5 Å². The molecule has 7 heteroatoms. The Bertz CT molecular complexity index is 858. The number of carbonyl (C=O) groups excluding carboxylic acids is 1. The molecule has 27 heavy (non-hydrogen) atoms. The van der Waals surface area contributed by atoms with E-state index >= 15 is 0 Å². The molecule has 0 aliphatic carbocycles. The van der Waals surface area contributed by atoms with E-state index in [2.05, 4.69) is 23.9 Å². The van der Waals surface area contributed by atoms with Crippen LogP contribution in [0.1, 0.15) is 39.2 Å². The lowest BCUT2D eigenvalue weighted by Crippen LogP contribution is -2.30. The molecular weight excluding hydrogens is 364 g/mol. The van der Waals surface area contributed by atoms with Gasteiger partial charge in [-0.05, 0) is 61.7 Å². The van der Waals surface area contributed by atoms with Crippen LogP contribution >= 0.6 is 0 Å². The number of rotatable bonds is 8. The number of anilines is 1. The summed E-state index contributed by atoms with van der Waals surface area (Å²) in [5, 5.41) is 2.77. The van der Waals surface area contributed by atoms with Crippen molar-refractivity contribution in [2.45, 2.75) is 44.6 Å². The van der Waals surface area contributed by atoms with Crippen molar-refractivity contribution in [1.29, 1.82) is 0 Å². The first-order valence-electron chi connectivity index (χ1n) is 8.82. The fraction of sp³-hybridized carbons (Fsp3) is 0.350. The van der Waals surface area contributed by atoms with E-state index in [9.17, 15) is 13.2 Å². The van der Waals surface area contributed by atoms with Crippen LogP contribution in [-0.2, 0) is 14.8 Å². The highest BCUT2D eigenvalue weighted by Gasteiger charge is 2.15. The monoisotopic (exact) mass is 390 g/mol. The molecule has 0 aliphatic rings. The van der Waals surface area contributed by atoms with Gasteiger partial charge in [0.05, 0.1) is 4.90 Å². The molecule has 0 unspecified atom stereocenters. The van der Waals surface area contributed by atoms with Crippen LogP contribution in [0.3, 0.4) is 0 Å². The van der Waals surface area contributed by atoms with Gasteiger partial charge >= 0.3 is 0 Å². The molecule has 2 aromatic carbocycles. The third-order valence-electron chi connectivity index (χ3n) is 3.76. The molecule has 0 fully saturated rings. The molecule has 0 aromatic heterocycles. The van der Waals surface area contributed by atoms with Crippen molar-refractivity contribution in [3.8, 4) is 5.75 Å². The molecule has 2 N–H and O–H groups in total. The summed E-state index contributed by atoms with van der Waals surface area (Å²) in [5.41, 5.74) is 1.90. The lowest BCUT2D eigenvalue weighted by atomic mass is 10.0. The van der Waals surface area contributed by atoms with Crippen LogP contribution in [-0.4, -0.2) is 27.0 Å². The van der Waals surface area contributed by atoms with Crippen LogP contribution in [0.15, 0.2) is 53.4 Å². The number of amides is 1. The molecule has 0 saturated carbocycles. The molecule has 0 saturated heterocycles. The van der Waals surface area contributed by atoms with E-state index in [1.54, 1.807) is 13.8 Å². The van der Waals surface area contributed by atoms with Crippen molar-refractivity contribution in [3.63, 3.8) is 0 Å². The molecular formula is C20H26N2O4S. The van der Waals surface area contributed by atoms with Gasteiger partial charge in [0.15, 0.2) is 6.61 Å². The number of hydrogen-bond donors (Lipinski definition) is 2. The van der Waals surface area contributed by atoms with Crippen molar-refractivity contribution < 1.29 is 17.9 Å². The second kappa shape index (κ2) is 9.01. The summed E-state index contributed by atoms with van der Waals surface area (Å²) in [6, 6.07) is 13.4. The van der Waals surface area contributed by atoms with Crippen molar-refractivity contribution in [2.24, 2.45) is 0 Å². The van der Waals surface area contributed by atoms with E-state index in [4.69, 9.17) is 4.74 Å². The van der Waals surface area contributed by atoms with Gasteiger partial charge in [0.2, 0.25) is 10.0 Å². The standard InChI is InChI=1S/C20H26N2O4S/c1-14(2)16-5-7-17(8-6-16)21-20(23)13-26-18-9-11-19(12-10-18)27(24,25)22-15(3)4/h5-12,14-15,22H,13H2,1-4H3,(H,21,23). The quantitative estimate of drug-likeness (QED) is 0.722. The lowest BCUT2D eigenvalue weighted by Gasteiger charge is -2.11. The van der Waals surface area contributed by atoms with Crippen molar-refractivity contribution in [1.82, 2.24) is 4.72 Å². The highest BCUT2D eigenvalue weighted by molar-refractivity contribution is 7.89. The Morgan fingerprint density at radius 2 is 1.56 bits per heavy atom. The van der Waals surface area contributed by atoms with Crippen LogP contribution in [0, 0.1) is 0 Å². The largest absolute Gasteiger partial charge is 0.484 e. The van der Waals surface area contributed by atoms with Crippen LogP contribution in [0.5, 0.6) is 5.75 Å². The summed E-state index contributed by atoms with van der Waals surface area (Å²) in [6.45, 7) is 7.56. The van der Waals surface area contributed by atoms with E-state index in [0.717, 1.165) is 0 Å². The summed E-state index contributed by atoms with van der Waals surface area (Å²) >= 11 is 0. The van der Waals surface area contributed by atoms with Gasteiger partial charge in [0.25, 0.3) is 5.91 Å². The smallest absolute Gasteiger partial charge is 0.262 e. The normalized spacial score (nSPS) is 11.6. The van der Waals surface area contributed by atoms with Gasteiger partial charge in [-0.3, -0.25) is 4.79 Å². The third-order valence-corrected chi connectivity index (χ3v) is 5.43. The first kappa shape index (κ1) is 20.9. The predicted octanol–water partition coefficient (Wildman–Crippen LogP) is 3.51. The van der Waals surface area contributed by atoms with Crippen LogP contribution in [0.4, 0.5) is 5.69 Å². The molecule has 2 aromatic rings. The van der Waals surface area contributed by atoms with Crippen LogP contribution < -0.4 is 14.8 Å². The molecule has 1 amide bonds. The number of ether oxygens (including phenoxy) is 1. The highest BCUT2D eigenvalue weighted by Crippen LogP contribution is 2.18. The Morgan fingerprint density at radius 3 is 2.07 bits per heavy atom. The van der Waals surface area contributed by atoms with Gasteiger partial charge in [-0.1, -0.05) is 26.0 Å². The third kappa shape index (κ3) is 6.37. The topological polar surface area (TPSA) is 84.5 Å². The Kier molecular flexibility index (Phi) is 6.98. The zero-order chi connectivity index (χ0) is 20.0. The number of carbonyl (C=O) groups is 1. The molecule has 2 rings (SSSR count). The van der Waals surface area contributed by atoms with Gasteiger partial charge < -0.3 is 10.1 Å². The van der Waals surface area contributed by atoms with Crippen LogP contribution in [0.25, 0.3) is 0 Å². The maximum Gasteiger partial charge on any atom is 0.262 e. The fourth-order valence-corrected chi connectivity index (χ4v) is 3.64. The Hall–Kier alpha value is -2.38.